The van der Waals surface area contributed by atoms with Gasteiger partial charge in [-0.2, -0.15) is 0 Å². The van der Waals surface area contributed by atoms with Crippen LogP contribution in [0.15, 0.2) is 35.1 Å². The third kappa shape index (κ3) is 2.55. The zero-order valence-electron chi connectivity index (χ0n) is 9.24. The molecule has 0 atom stereocenters. The molecule has 2 rings (SSSR count). The Morgan fingerprint density at radius 1 is 1.47 bits per heavy atom. The van der Waals surface area contributed by atoms with E-state index in [2.05, 4.69) is 25.9 Å². The van der Waals surface area contributed by atoms with E-state index in [4.69, 9.17) is 4.74 Å². The minimum absolute atomic E-state index is 0.352. The predicted molar refractivity (Wildman–Crippen MR) is 67.7 cm³/mol. The van der Waals surface area contributed by atoms with Gasteiger partial charge in [-0.05, 0) is 41.1 Å². The van der Waals surface area contributed by atoms with E-state index >= 15 is 0 Å². The van der Waals surface area contributed by atoms with E-state index in [1.54, 1.807) is 19.3 Å². The molecule has 4 nitrogen and oxygen atoms in total. The maximum atomic E-state index is 11.7. The topological polar surface area (TPSA) is 55.0 Å². The molecule has 0 aliphatic carbocycles. The maximum absolute atomic E-state index is 11.7. The van der Waals surface area contributed by atoms with Crippen LogP contribution >= 0.6 is 15.9 Å². The third-order valence-corrected chi connectivity index (χ3v) is 2.70. The normalized spacial score (nSPS) is 10.2. The highest BCUT2D eigenvalue weighted by Gasteiger charge is 2.15. The summed E-state index contributed by atoms with van der Waals surface area (Å²) in [5, 5.41) is 0. The molecule has 88 valence electrons. The fraction of sp³-hybridized carbons (Fsp3) is 0.167. The number of aromatic amines is 1. The Hall–Kier alpha value is -1.62. The Morgan fingerprint density at radius 2 is 2.29 bits per heavy atom. The van der Waals surface area contributed by atoms with Crippen molar-refractivity contribution in [1.29, 1.82) is 0 Å². The number of nitrogens with one attached hydrogen (secondary N) is 1. The van der Waals surface area contributed by atoms with Gasteiger partial charge in [-0.15, -0.1) is 0 Å². The minimum atomic E-state index is -0.364. The summed E-state index contributed by atoms with van der Waals surface area (Å²) < 4.78 is 5.86. The maximum Gasteiger partial charge on any atom is 0.355 e. The second-order valence-corrected chi connectivity index (χ2v) is 4.26. The number of halogens is 1. The number of hydrogen-bond donors (Lipinski definition) is 1. The predicted octanol–water partition coefficient (Wildman–Crippen LogP) is 3.02. The molecule has 0 amide bonds. The Kier molecular flexibility index (Phi) is 3.58. The molecule has 0 aromatic carbocycles. The largest absolute Gasteiger partial charge is 0.461 e. The van der Waals surface area contributed by atoms with Crippen LogP contribution in [0.2, 0.25) is 0 Å². The fourth-order valence-electron chi connectivity index (χ4n) is 1.49. The van der Waals surface area contributed by atoms with Gasteiger partial charge >= 0.3 is 5.97 Å². The summed E-state index contributed by atoms with van der Waals surface area (Å²) in [5.74, 6) is -0.364. The SMILES string of the molecule is CCOC(=O)c1[nH]ccc1-c1ccc(Br)cn1. The highest BCUT2D eigenvalue weighted by Crippen LogP contribution is 2.22. The highest BCUT2D eigenvalue weighted by atomic mass is 79.9. The zero-order valence-corrected chi connectivity index (χ0v) is 10.8. The highest BCUT2D eigenvalue weighted by molar-refractivity contribution is 9.10. The summed E-state index contributed by atoms with van der Waals surface area (Å²) >= 11 is 3.32. The first-order valence-electron chi connectivity index (χ1n) is 5.18. The van der Waals surface area contributed by atoms with Crippen LogP contribution in [0.25, 0.3) is 11.3 Å². The second kappa shape index (κ2) is 5.14. The van der Waals surface area contributed by atoms with Crippen molar-refractivity contribution in [2.45, 2.75) is 6.92 Å². The van der Waals surface area contributed by atoms with Crippen LogP contribution in [-0.4, -0.2) is 22.5 Å². The van der Waals surface area contributed by atoms with Gasteiger partial charge in [-0.3, -0.25) is 4.98 Å². The summed E-state index contributed by atoms with van der Waals surface area (Å²) in [7, 11) is 0. The van der Waals surface area contributed by atoms with E-state index in [0.29, 0.717) is 12.3 Å². The van der Waals surface area contributed by atoms with Gasteiger partial charge in [0, 0.05) is 22.4 Å². The molecule has 2 aromatic heterocycles. The molecule has 0 aliphatic heterocycles. The van der Waals surface area contributed by atoms with Gasteiger partial charge in [0.15, 0.2) is 0 Å². The number of carbonyl (C=O) groups excluding carboxylic acids is 1. The van der Waals surface area contributed by atoms with Gasteiger partial charge in [0.1, 0.15) is 5.69 Å². The van der Waals surface area contributed by atoms with Gasteiger partial charge in [0.2, 0.25) is 0 Å². The molecule has 2 heterocycles. The van der Waals surface area contributed by atoms with E-state index in [0.717, 1.165) is 15.7 Å². The standard InChI is InChI=1S/C12H11BrN2O2/c1-2-17-12(16)11-9(5-6-14-11)10-4-3-8(13)7-15-10/h3-7,14H,2H2,1H3. The van der Waals surface area contributed by atoms with Crippen molar-refractivity contribution < 1.29 is 9.53 Å². The molecule has 0 saturated heterocycles. The Bertz CT molecular complexity index is 520. The summed E-state index contributed by atoms with van der Waals surface area (Å²) in [4.78, 5) is 18.8. The summed E-state index contributed by atoms with van der Waals surface area (Å²) in [6.07, 6.45) is 3.39. The van der Waals surface area contributed by atoms with Crippen LogP contribution in [0.3, 0.4) is 0 Å². The fourth-order valence-corrected chi connectivity index (χ4v) is 1.72. The van der Waals surface area contributed by atoms with Crippen LogP contribution < -0.4 is 0 Å². The molecule has 0 saturated carbocycles. The first-order valence-corrected chi connectivity index (χ1v) is 5.98. The molecule has 5 heteroatoms. The summed E-state index contributed by atoms with van der Waals surface area (Å²) in [6.45, 7) is 2.13. The van der Waals surface area contributed by atoms with Gasteiger partial charge in [0.05, 0.1) is 12.3 Å². The van der Waals surface area contributed by atoms with Gasteiger partial charge in [-0.1, -0.05) is 0 Å². The van der Waals surface area contributed by atoms with E-state index < -0.39 is 0 Å². The van der Waals surface area contributed by atoms with Gasteiger partial charge in [-0.25, -0.2) is 4.79 Å². The summed E-state index contributed by atoms with van der Waals surface area (Å²) in [6, 6.07) is 5.53. The molecule has 0 spiro atoms. The average Bonchev–Trinajstić information content (AvgIpc) is 2.79. The van der Waals surface area contributed by atoms with E-state index in [-0.39, 0.29) is 5.97 Å². The number of pyridine rings is 1. The van der Waals surface area contributed by atoms with Crippen molar-refractivity contribution in [1.82, 2.24) is 9.97 Å². The first-order chi connectivity index (χ1) is 8.22. The molecule has 17 heavy (non-hydrogen) atoms. The van der Waals surface area contributed by atoms with Crippen LogP contribution in [0.5, 0.6) is 0 Å². The molecular formula is C12H11BrN2O2. The van der Waals surface area contributed by atoms with Gasteiger partial charge in [0.25, 0.3) is 0 Å². The zero-order chi connectivity index (χ0) is 12.3. The second-order valence-electron chi connectivity index (χ2n) is 3.35. The number of carbonyl (C=O) groups is 1. The number of rotatable bonds is 3. The Labute approximate surface area is 107 Å². The van der Waals surface area contributed by atoms with Crippen LogP contribution in [0.4, 0.5) is 0 Å². The van der Waals surface area contributed by atoms with Crippen molar-refractivity contribution in [3.05, 3.63) is 40.8 Å². The minimum Gasteiger partial charge on any atom is -0.461 e. The van der Waals surface area contributed by atoms with Crippen molar-refractivity contribution in [3.8, 4) is 11.3 Å². The molecule has 2 aromatic rings. The number of hydrogen-bond acceptors (Lipinski definition) is 3. The lowest BCUT2D eigenvalue weighted by Gasteiger charge is -2.03. The number of aromatic nitrogens is 2. The number of esters is 1. The Balaban J connectivity index is 2.36. The molecule has 0 aliphatic rings. The lowest BCUT2D eigenvalue weighted by molar-refractivity contribution is 0.0521. The van der Waals surface area contributed by atoms with E-state index in [1.807, 2.05) is 18.2 Å². The number of H-pyrrole nitrogens is 1. The molecule has 1 N–H and O–H groups in total. The lowest BCUT2D eigenvalue weighted by Crippen LogP contribution is -2.06. The number of nitrogens with zero attached hydrogens (tertiary/aromatic N) is 1. The first kappa shape index (κ1) is 11.9. The Morgan fingerprint density at radius 3 is 2.94 bits per heavy atom. The van der Waals surface area contributed by atoms with Crippen LogP contribution in [0.1, 0.15) is 17.4 Å². The van der Waals surface area contributed by atoms with Crippen molar-refractivity contribution in [3.63, 3.8) is 0 Å². The van der Waals surface area contributed by atoms with Crippen LogP contribution in [-0.2, 0) is 4.74 Å². The van der Waals surface area contributed by atoms with E-state index in [1.165, 1.54) is 0 Å². The monoisotopic (exact) mass is 294 g/mol. The van der Waals surface area contributed by atoms with E-state index in [9.17, 15) is 4.79 Å². The molecule has 0 bridgehead atoms. The van der Waals surface area contributed by atoms with Crippen molar-refractivity contribution in [2.75, 3.05) is 6.61 Å². The smallest absolute Gasteiger partial charge is 0.355 e. The van der Waals surface area contributed by atoms with Crippen LogP contribution in [0, 0.1) is 0 Å². The van der Waals surface area contributed by atoms with Crippen molar-refractivity contribution in [2.24, 2.45) is 0 Å². The van der Waals surface area contributed by atoms with Crippen molar-refractivity contribution >= 4 is 21.9 Å². The summed E-state index contributed by atoms with van der Waals surface area (Å²) in [5.41, 5.74) is 1.91. The lowest BCUT2D eigenvalue weighted by atomic mass is 10.1. The number of ether oxygens (including phenoxy) is 1. The third-order valence-electron chi connectivity index (χ3n) is 2.23. The average molecular weight is 295 g/mol. The molecule has 0 fully saturated rings. The molecule has 0 unspecified atom stereocenters. The quantitative estimate of drug-likeness (QED) is 0.886. The molecular weight excluding hydrogens is 284 g/mol. The van der Waals surface area contributed by atoms with Gasteiger partial charge < -0.3 is 9.72 Å². The molecule has 0 radical (unpaired) electrons.